The lowest BCUT2D eigenvalue weighted by Crippen LogP contribution is -1.82. The first kappa shape index (κ1) is 9.86. The molecule has 0 atom stereocenters. The molecule has 0 aliphatic rings. The van der Waals surface area contributed by atoms with Gasteiger partial charge in [0.05, 0.1) is 5.70 Å². The van der Waals surface area contributed by atoms with Crippen LogP contribution >= 0.6 is 0 Å². The van der Waals surface area contributed by atoms with E-state index >= 15 is 0 Å². The molecule has 0 aliphatic carbocycles. The largest absolute Gasteiger partial charge is 0.240 e. The third-order valence-corrected chi connectivity index (χ3v) is 1.78. The van der Waals surface area contributed by atoms with Gasteiger partial charge in [0.15, 0.2) is 0 Å². The molecule has 0 N–H and O–H groups in total. The first-order valence-corrected chi connectivity index (χ1v) is 3.52. The highest BCUT2D eigenvalue weighted by Gasteiger charge is 1.95. The minimum atomic E-state index is 0.732. The number of aliphatic imine (C=N–C) groups is 1. The van der Waals surface area contributed by atoms with Crippen LogP contribution in [0.2, 0.25) is 0 Å². The van der Waals surface area contributed by atoms with Gasteiger partial charge in [0.2, 0.25) is 6.08 Å². The van der Waals surface area contributed by atoms with Crippen molar-refractivity contribution < 1.29 is 4.79 Å². The maximum atomic E-state index is 9.89. The molecule has 60 valence electrons. The van der Waals surface area contributed by atoms with Crippen molar-refractivity contribution in [1.29, 1.82) is 0 Å². The molecule has 0 bridgehead atoms. The van der Waals surface area contributed by atoms with Crippen LogP contribution in [0.4, 0.5) is 0 Å². The van der Waals surface area contributed by atoms with Crippen molar-refractivity contribution in [2.24, 2.45) is 4.99 Å². The van der Waals surface area contributed by atoms with Crippen molar-refractivity contribution in [2.75, 3.05) is 0 Å². The second-order valence-corrected chi connectivity index (χ2v) is 2.39. The quantitative estimate of drug-likeness (QED) is 0.339. The fourth-order valence-electron chi connectivity index (χ4n) is 0.654. The molecule has 2 nitrogen and oxygen atoms in total. The third-order valence-electron chi connectivity index (χ3n) is 1.78. The van der Waals surface area contributed by atoms with Crippen LogP contribution in [0.5, 0.6) is 0 Å². The Labute approximate surface area is 67.3 Å². The summed E-state index contributed by atoms with van der Waals surface area (Å²) in [7, 11) is 0. The predicted molar refractivity (Wildman–Crippen MR) is 45.9 cm³/mol. The zero-order valence-corrected chi connectivity index (χ0v) is 7.43. The van der Waals surface area contributed by atoms with Crippen LogP contribution in [-0.4, -0.2) is 6.08 Å². The number of isocyanates is 1. The van der Waals surface area contributed by atoms with E-state index in [2.05, 4.69) is 4.99 Å². The molecule has 0 saturated carbocycles. The summed E-state index contributed by atoms with van der Waals surface area (Å²) in [5.41, 5.74) is 2.91. The molecular formula is C9H13NO. The second kappa shape index (κ2) is 4.64. The fraction of sp³-hybridized carbons (Fsp3) is 0.444. The summed E-state index contributed by atoms with van der Waals surface area (Å²) in [6.45, 7) is 7.68. The third kappa shape index (κ3) is 2.96. The molecule has 11 heavy (non-hydrogen) atoms. The minimum Gasteiger partial charge on any atom is -0.211 e. The SMILES string of the molecule is C/C=C(C)/C(C)=C(/C)N=C=O. The standard InChI is InChI=1S/C9H13NO/c1-5-7(2)8(3)9(4)10-6-11/h5H,1-4H3/b7-5+,9-8-. The van der Waals surface area contributed by atoms with Gasteiger partial charge in [-0.15, -0.1) is 0 Å². The summed E-state index contributed by atoms with van der Waals surface area (Å²) in [5.74, 6) is 0. The van der Waals surface area contributed by atoms with Crippen LogP contribution in [-0.2, 0) is 4.79 Å². The Morgan fingerprint density at radius 3 is 2.27 bits per heavy atom. The number of allylic oxidation sites excluding steroid dienone is 4. The summed E-state index contributed by atoms with van der Waals surface area (Å²) in [5, 5.41) is 0. The van der Waals surface area contributed by atoms with Crippen molar-refractivity contribution in [1.82, 2.24) is 0 Å². The van der Waals surface area contributed by atoms with Gasteiger partial charge in [-0.05, 0) is 33.3 Å². The zero-order chi connectivity index (χ0) is 8.85. The van der Waals surface area contributed by atoms with E-state index in [0.717, 1.165) is 16.8 Å². The first-order chi connectivity index (χ1) is 5.13. The normalized spacial score (nSPS) is 13.6. The van der Waals surface area contributed by atoms with Gasteiger partial charge in [-0.25, -0.2) is 4.79 Å². The molecule has 0 aromatic heterocycles. The zero-order valence-electron chi connectivity index (χ0n) is 7.43. The van der Waals surface area contributed by atoms with Crippen molar-refractivity contribution in [2.45, 2.75) is 27.7 Å². The van der Waals surface area contributed by atoms with Crippen LogP contribution in [0.1, 0.15) is 27.7 Å². The molecule has 0 heterocycles. The van der Waals surface area contributed by atoms with Crippen LogP contribution in [0.25, 0.3) is 0 Å². The van der Waals surface area contributed by atoms with Gasteiger partial charge >= 0.3 is 0 Å². The van der Waals surface area contributed by atoms with Crippen molar-refractivity contribution >= 4 is 6.08 Å². The van der Waals surface area contributed by atoms with E-state index in [9.17, 15) is 4.79 Å². The smallest absolute Gasteiger partial charge is 0.211 e. The molecule has 0 radical (unpaired) electrons. The molecule has 0 aromatic carbocycles. The van der Waals surface area contributed by atoms with Gasteiger partial charge < -0.3 is 0 Å². The highest BCUT2D eigenvalue weighted by Crippen LogP contribution is 2.13. The van der Waals surface area contributed by atoms with Gasteiger partial charge in [0.1, 0.15) is 0 Å². The average Bonchev–Trinajstić information content (AvgIpc) is 2.02. The maximum Gasteiger partial charge on any atom is 0.240 e. The number of hydrogen-bond acceptors (Lipinski definition) is 2. The second-order valence-electron chi connectivity index (χ2n) is 2.39. The Balaban J connectivity index is 4.80. The van der Waals surface area contributed by atoms with Gasteiger partial charge in [-0.1, -0.05) is 11.6 Å². The van der Waals surface area contributed by atoms with Crippen molar-refractivity contribution in [3.8, 4) is 0 Å². The van der Waals surface area contributed by atoms with Crippen LogP contribution in [0, 0.1) is 0 Å². The predicted octanol–water partition coefficient (Wildman–Crippen LogP) is 2.58. The summed E-state index contributed by atoms with van der Waals surface area (Å²) in [6, 6.07) is 0. The van der Waals surface area contributed by atoms with Gasteiger partial charge in [0.25, 0.3) is 0 Å². The lowest BCUT2D eigenvalue weighted by Gasteiger charge is -2.00. The van der Waals surface area contributed by atoms with Crippen LogP contribution in [0.15, 0.2) is 27.9 Å². The van der Waals surface area contributed by atoms with E-state index in [1.54, 1.807) is 6.92 Å². The highest BCUT2D eigenvalue weighted by molar-refractivity contribution is 5.40. The first-order valence-electron chi connectivity index (χ1n) is 3.52. The Kier molecular flexibility index (Phi) is 4.16. The minimum absolute atomic E-state index is 0.732. The van der Waals surface area contributed by atoms with E-state index in [1.807, 2.05) is 26.8 Å². The van der Waals surface area contributed by atoms with Crippen molar-refractivity contribution in [3.05, 3.63) is 22.9 Å². The summed E-state index contributed by atoms with van der Waals surface area (Å²) in [4.78, 5) is 13.4. The van der Waals surface area contributed by atoms with Gasteiger partial charge in [0, 0.05) is 0 Å². The van der Waals surface area contributed by atoms with Gasteiger partial charge in [-0.3, -0.25) is 0 Å². The number of rotatable bonds is 2. The summed E-state index contributed by atoms with van der Waals surface area (Å²) in [6.07, 6.45) is 3.50. The van der Waals surface area contributed by atoms with E-state index in [0.29, 0.717) is 0 Å². The Hall–Kier alpha value is -1.14. The average molecular weight is 151 g/mol. The Morgan fingerprint density at radius 2 is 1.91 bits per heavy atom. The molecule has 0 rings (SSSR count). The Bertz CT molecular complexity index is 242. The highest BCUT2D eigenvalue weighted by atomic mass is 16.1. The van der Waals surface area contributed by atoms with E-state index in [1.165, 1.54) is 6.08 Å². The number of hydrogen-bond donors (Lipinski definition) is 0. The number of carbonyl (C=O) groups excluding carboxylic acids is 1. The summed E-state index contributed by atoms with van der Waals surface area (Å²) >= 11 is 0. The fourth-order valence-corrected chi connectivity index (χ4v) is 0.654. The monoisotopic (exact) mass is 151 g/mol. The molecule has 0 aromatic rings. The van der Waals surface area contributed by atoms with E-state index < -0.39 is 0 Å². The topological polar surface area (TPSA) is 29.4 Å². The van der Waals surface area contributed by atoms with Crippen LogP contribution in [0.3, 0.4) is 0 Å². The molecule has 0 fully saturated rings. The molecule has 0 amide bonds. The lowest BCUT2D eigenvalue weighted by molar-refractivity contribution is 0.564. The molecular weight excluding hydrogens is 138 g/mol. The van der Waals surface area contributed by atoms with Crippen molar-refractivity contribution in [3.63, 3.8) is 0 Å². The van der Waals surface area contributed by atoms with Gasteiger partial charge in [-0.2, -0.15) is 4.99 Å². The Morgan fingerprint density at radius 1 is 1.36 bits per heavy atom. The van der Waals surface area contributed by atoms with E-state index in [-0.39, 0.29) is 0 Å². The lowest BCUT2D eigenvalue weighted by atomic mass is 10.1. The molecule has 0 saturated heterocycles. The van der Waals surface area contributed by atoms with E-state index in [4.69, 9.17) is 0 Å². The summed E-state index contributed by atoms with van der Waals surface area (Å²) < 4.78 is 0. The maximum absolute atomic E-state index is 9.89. The molecule has 0 spiro atoms. The number of nitrogens with zero attached hydrogens (tertiary/aromatic N) is 1. The van der Waals surface area contributed by atoms with Crippen LogP contribution < -0.4 is 0 Å². The molecule has 0 aliphatic heterocycles. The molecule has 0 unspecified atom stereocenters. The molecule has 2 heteroatoms.